The summed E-state index contributed by atoms with van der Waals surface area (Å²) < 4.78 is 0. The van der Waals surface area contributed by atoms with Crippen LogP contribution in [0.3, 0.4) is 0 Å². The van der Waals surface area contributed by atoms with Crippen LogP contribution in [0.2, 0.25) is 10.0 Å². The fourth-order valence-corrected chi connectivity index (χ4v) is 1.61. The highest BCUT2D eigenvalue weighted by Crippen LogP contribution is 2.34. The number of hydrogen-bond acceptors (Lipinski definition) is 3. The van der Waals surface area contributed by atoms with Crippen molar-refractivity contribution in [2.24, 2.45) is 5.73 Å². The van der Waals surface area contributed by atoms with Crippen LogP contribution in [0.25, 0.3) is 0 Å². The van der Waals surface area contributed by atoms with Crippen molar-refractivity contribution < 1.29 is 15.0 Å². The average Bonchev–Trinajstić information content (AvgIpc) is 2.12. The standard InChI is InChI=1S/C9H9Cl2NO3/c10-5-1-4(2-6(11)9(5)15)7(12)3-8(13)14/h1-2,7,15H,3,12H2,(H,13,14). The van der Waals surface area contributed by atoms with Gasteiger partial charge in [-0.3, -0.25) is 4.79 Å². The molecule has 82 valence electrons. The second-order valence-corrected chi connectivity index (χ2v) is 3.85. The average molecular weight is 250 g/mol. The molecule has 1 aromatic rings. The fraction of sp³-hybridized carbons (Fsp3) is 0.222. The number of phenols is 1. The summed E-state index contributed by atoms with van der Waals surface area (Å²) in [7, 11) is 0. The number of carboxylic acid groups (broad SMARTS) is 1. The van der Waals surface area contributed by atoms with Gasteiger partial charge in [0, 0.05) is 6.04 Å². The molecule has 0 heterocycles. The molecule has 4 nitrogen and oxygen atoms in total. The molecular formula is C9H9Cl2NO3. The molecule has 0 bridgehead atoms. The van der Waals surface area contributed by atoms with Gasteiger partial charge in [-0.15, -0.1) is 0 Å². The van der Waals surface area contributed by atoms with Crippen LogP contribution in [0.4, 0.5) is 0 Å². The van der Waals surface area contributed by atoms with Gasteiger partial charge in [0.25, 0.3) is 0 Å². The number of hydrogen-bond donors (Lipinski definition) is 3. The van der Waals surface area contributed by atoms with Crippen LogP contribution >= 0.6 is 23.2 Å². The van der Waals surface area contributed by atoms with Crippen LogP contribution in [-0.4, -0.2) is 16.2 Å². The molecule has 1 rings (SSSR count). The number of phenolic OH excluding ortho intramolecular Hbond substituents is 1. The first-order chi connectivity index (χ1) is 6.91. The van der Waals surface area contributed by atoms with Gasteiger partial charge in [-0.05, 0) is 17.7 Å². The molecular weight excluding hydrogens is 241 g/mol. The highest BCUT2D eigenvalue weighted by atomic mass is 35.5. The molecule has 1 unspecified atom stereocenters. The van der Waals surface area contributed by atoms with Gasteiger partial charge in [0.1, 0.15) is 0 Å². The number of rotatable bonds is 3. The van der Waals surface area contributed by atoms with E-state index in [-0.39, 0.29) is 22.2 Å². The Morgan fingerprint density at radius 1 is 1.40 bits per heavy atom. The highest BCUT2D eigenvalue weighted by Gasteiger charge is 2.14. The van der Waals surface area contributed by atoms with Gasteiger partial charge in [0.15, 0.2) is 5.75 Å². The highest BCUT2D eigenvalue weighted by molar-refractivity contribution is 6.37. The Kier molecular flexibility index (Phi) is 3.79. The van der Waals surface area contributed by atoms with Gasteiger partial charge < -0.3 is 15.9 Å². The molecule has 1 aromatic carbocycles. The van der Waals surface area contributed by atoms with E-state index in [1.54, 1.807) is 0 Å². The zero-order chi connectivity index (χ0) is 11.6. The molecule has 0 radical (unpaired) electrons. The normalized spacial score (nSPS) is 12.5. The van der Waals surface area contributed by atoms with E-state index in [1.807, 2.05) is 0 Å². The number of halogens is 2. The summed E-state index contributed by atoms with van der Waals surface area (Å²) in [5.41, 5.74) is 6.08. The molecule has 0 aliphatic heterocycles. The summed E-state index contributed by atoms with van der Waals surface area (Å²) in [6.07, 6.45) is -0.225. The summed E-state index contributed by atoms with van der Waals surface area (Å²) in [5.74, 6) is -1.24. The summed E-state index contributed by atoms with van der Waals surface area (Å²) in [6, 6.07) is 2.10. The molecule has 0 saturated heterocycles. The molecule has 1 atom stereocenters. The number of nitrogens with two attached hydrogens (primary N) is 1. The minimum absolute atomic E-state index is 0.0540. The van der Waals surface area contributed by atoms with Crippen molar-refractivity contribution in [3.05, 3.63) is 27.7 Å². The fourth-order valence-electron chi connectivity index (χ4n) is 1.11. The van der Waals surface area contributed by atoms with E-state index >= 15 is 0 Å². The number of carboxylic acids is 1. The van der Waals surface area contributed by atoms with Crippen molar-refractivity contribution in [2.75, 3.05) is 0 Å². The van der Waals surface area contributed by atoms with Crippen LogP contribution < -0.4 is 5.73 Å². The Morgan fingerprint density at radius 3 is 2.27 bits per heavy atom. The molecule has 4 N–H and O–H groups in total. The molecule has 0 spiro atoms. The molecule has 0 fully saturated rings. The van der Waals surface area contributed by atoms with E-state index in [9.17, 15) is 9.90 Å². The lowest BCUT2D eigenvalue weighted by atomic mass is 10.0. The zero-order valence-electron chi connectivity index (χ0n) is 7.58. The predicted octanol–water partition coefficient (Wildman–Crippen LogP) is 2.17. The van der Waals surface area contributed by atoms with Gasteiger partial charge in [-0.2, -0.15) is 0 Å². The van der Waals surface area contributed by atoms with Crippen molar-refractivity contribution in [1.29, 1.82) is 0 Å². The lowest BCUT2D eigenvalue weighted by Crippen LogP contribution is -2.14. The van der Waals surface area contributed by atoms with Crippen LogP contribution in [0.15, 0.2) is 12.1 Å². The van der Waals surface area contributed by atoms with Crippen molar-refractivity contribution in [1.82, 2.24) is 0 Å². The molecule has 0 aliphatic rings. The Labute approximate surface area is 96.2 Å². The minimum Gasteiger partial charge on any atom is -0.505 e. The van der Waals surface area contributed by atoms with Crippen molar-refractivity contribution in [2.45, 2.75) is 12.5 Å². The second kappa shape index (κ2) is 4.70. The second-order valence-electron chi connectivity index (χ2n) is 3.04. The molecule has 15 heavy (non-hydrogen) atoms. The van der Waals surface area contributed by atoms with Crippen molar-refractivity contribution >= 4 is 29.2 Å². The third-order valence-corrected chi connectivity index (χ3v) is 2.44. The summed E-state index contributed by atoms with van der Waals surface area (Å²) in [5, 5.41) is 17.9. The maximum atomic E-state index is 10.4. The van der Waals surface area contributed by atoms with Crippen molar-refractivity contribution in [3.63, 3.8) is 0 Å². The van der Waals surface area contributed by atoms with Crippen molar-refractivity contribution in [3.8, 4) is 5.75 Å². The Hall–Kier alpha value is -0.970. The first-order valence-electron chi connectivity index (χ1n) is 4.07. The van der Waals surface area contributed by atoms with Gasteiger partial charge >= 0.3 is 5.97 Å². The van der Waals surface area contributed by atoms with Gasteiger partial charge in [-0.25, -0.2) is 0 Å². The van der Waals surface area contributed by atoms with E-state index < -0.39 is 12.0 Å². The largest absolute Gasteiger partial charge is 0.505 e. The van der Waals surface area contributed by atoms with Crippen LogP contribution in [0, 0.1) is 0 Å². The maximum Gasteiger partial charge on any atom is 0.305 e. The minimum atomic E-state index is -1.01. The van der Waals surface area contributed by atoms with E-state index in [1.165, 1.54) is 12.1 Å². The van der Waals surface area contributed by atoms with Gasteiger partial charge in [-0.1, -0.05) is 23.2 Å². The lowest BCUT2D eigenvalue weighted by molar-refractivity contribution is -0.137. The molecule has 0 aliphatic carbocycles. The Balaban J connectivity index is 3.00. The van der Waals surface area contributed by atoms with Crippen LogP contribution in [0.5, 0.6) is 5.75 Å². The molecule has 0 amide bonds. The number of aromatic hydroxyl groups is 1. The Bertz CT molecular complexity index is 372. The number of aliphatic carboxylic acids is 1. The summed E-state index contributed by atoms with van der Waals surface area (Å²) in [4.78, 5) is 10.4. The van der Waals surface area contributed by atoms with Crippen LogP contribution in [0.1, 0.15) is 18.0 Å². The van der Waals surface area contributed by atoms with E-state index in [0.717, 1.165) is 0 Å². The third-order valence-electron chi connectivity index (χ3n) is 1.86. The van der Waals surface area contributed by atoms with Gasteiger partial charge in [0.2, 0.25) is 0 Å². The summed E-state index contributed by atoms with van der Waals surface area (Å²) >= 11 is 11.3. The predicted molar refractivity (Wildman–Crippen MR) is 57.3 cm³/mol. The monoisotopic (exact) mass is 249 g/mol. The third kappa shape index (κ3) is 2.99. The first-order valence-corrected chi connectivity index (χ1v) is 4.82. The number of carbonyl (C=O) groups is 1. The SMILES string of the molecule is NC(CC(=O)O)c1cc(Cl)c(O)c(Cl)c1. The molecule has 0 saturated carbocycles. The lowest BCUT2D eigenvalue weighted by Gasteiger charge is -2.11. The molecule has 0 aromatic heterocycles. The Morgan fingerprint density at radius 2 is 1.87 bits per heavy atom. The van der Waals surface area contributed by atoms with Gasteiger partial charge in [0.05, 0.1) is 16.5 Å². The topological polar surface area (TPSA) is 83.6 Å². The quantitative estimate of drug-likeness (QED) is 0.767. The van der Waals surface area contributed by atoms with Crippen LogP contribution in [-0.2, 0) is 4.79 Å². The zero-order valence-corrected chi connectivity index (χ0v) is 9.09. The first kappa shape index (κ1) is 12.1. The summed E-state index contributed by atoms with van der Waals surface area (Å²) in [6.45, 7) is 0. The number of benzene rings is 1. The van der Waals surface area contributed by atoms with E-state index in [0.29, 0.717) is 5.56 Å². The smallest absolute Gasteiger partial charge is 0.305 e. The molecule has 6 heteroatoms. The maximum absolute atomic E-state index is 10.4. The van der Waals surface area contributed by atoms with E-state index in [4.69, 9.17) is 34.0 Å². The van der Waals surface area contributed by atoms with E-state index in [2.05, 4.69) is 0 Å².